The first kappa shape index (κ1) is 15.4. The molecule has 21 heavy (non-hydrogen) atoms. The zero-order chi connectivity index (χ0) is 15.6. The molecule has 6 heteroatoms. The predicted octanol–water partition coefficient (Wildman–Crippen LogP) is 2.47. The third-order valence-electron chi connectivity index (χ3n) is 3.60. The Hall–Kier alpha value is -1.97. The molecule has 0 radical (unpaired) electrons. The van der Waals surface area contributed by atoms with E-state index in [9.17, 15) is 8.42 Å². The zero-order valence-electron chi connectivity index (χ0n) is 12.2. The average molecular weight is 303 g/mol. The highest BCUT2D eigenvalue weighted by molar-refractivity contribution is 7.89. The van der Waals surface area contributed by atoms with Crippen LogP contribution in [0.4, 0.5) is 0 Å². The highest BCUT2D eigenvalue weighted by Crippen LogP contribution is 2.27. The molecule has 0 amide bonds. The van der Waals surface area contributed by atoms with Crippen molar-refractivity contribution in [3.63, 3.8) is 0 Å². The van der Waals surface area contributed by atoms with E-state index in [1.54, 1.807) is 37.4 Å². The van der Waals surface area contributed by atoms with E-state index in [1.165, 1.54) is 11.4 Å². The lowest BCUT2D eigenvalue weighted by Gasteiger charge is -2.23. The fraction of sp³-hybridized carbons (Fsp3) is 0.333. The summed E-state index contributed by atoms with van der Waals surface area (Å²) in [4.78, 5) is 4.49. The number of sulfonamides is 1. The number of hydrogen-bond acceptors (Lipinski definition) is 4. The first-order valence-corrected chi connectivity index (χ1v) is 8.03. The Bertz CT molecular complexity index is 809. The molecule has 0 aliphatic heterocycles. The second-order valence-corrected chi connectivity index (χ2v) is 6.98. The molecular formula is C15H17N3O2S. The van der Waals surface area contributed by atoms with Gasteiger partial charge in [0.1, 0.15) is 0 Å². The third-order valence-corrected chi connectivity index (χ3v) is 5.63. The monoisotopic (exact) mass is 303 g/mol. The molecule has 1 aromatic heterocycles. The van der Waals surface area contributed by atoms with Crippen molar-refractivity contribution in [2.45, 2.75) is 31.2 Å². The molecule has 0 bridgehead atoms. The number of hydrogen-bond donors (Lipinski definition) is 0. The second-order valence-electron chi connectivity index (χ2n) is 5.01. The normalized spacial score (nSPS) is 13.3. The number of fused-ring (bicyclic) bond motifs is 1. The van der Waals surface area contributed by atoms with Crippen LogP contribution in [0.15, 0.2) is 35.4 Å². The van der Waals surface area contributed by atoms with E-state index in [-0.39, 0.29) is 17.4 Å². The largest absolute Gasteiger partial charge is 0.256 e. The predicted molar refractivity (Wildman–Crippen MR) is 81.1 cm³/mol. The van der Waals surface area contributed by atoms with Crippen LogP contribution in [0.2, 0.25) is 0 Å². The lowest BCUT2D eigenvalue weighted by atomic mass is 10.1. The number of pyridine rings is 1. The summed E-state index contributed by atoms with van der Waals surface area (Å²) in [5, 5.41) is 9.35. The fourth-order valence-corrected chi connectivity index (χ4v) is 3.71. The van der Waals surface area contributed by atoms with Crippen molar-refractivity contribution < 1.29 is 8.42 Å². The maximum atomic E-state index is 12.8. The second kappa shape index (κ2) is 5.80. The van der Waals surface area contributed by atoms with Gasteiger partial charge in [-0.15, -0.1) is 0 Å². The van der Waals surface area contributed by atoms with Gasteiger partial charge < -0.3 is 0 Å². The first-order chi connectivity index (χ1) is 9.89. The van der Waals surface area contributed by atoms with Gasteiger partial charge in [0.15, 0.2) is 0 Å². The number of aryl methyl sites for hydroxylation is 1. The SMILES string of the molecule is Cc1ccc(S(=O)(=O)N(C)C(C)CC#N)c2cccnc12. The molecule has 0 saturated heterocycles. The van der Waals surface area contributed by atoms with Crippen LogP contribution in [0.3, 0.4) is 0 Å². The van der Waals surface area contributed by atoms with Crippen LogP contribution in [-0.4, -0.2) is 30.8 Å². The van der Waals surface area contributed by atoms with Crippen molar-refractivity contribution in [3.05, 3.63) is 36.0 Å². The summed E-state index contributed by atoms with van der Waals surface area (Å²) in [6.07, 6.45) is 1.80. The van der Waals surface area contributed by atoms with Crippen LogP contribution in [0, 0.1) is 18.3 Å². The lowest BCUT2D eigenvalue weighted by Crippen LogP contribution is -2.35. The smallest absolute Gasteiger partial charge is 0.243 e. The molecule has 0 N–H and O–H groups in total. The molecule has 1 aromatic carbocycles. The number of nitriles is 1. The zero-order valence-corrected chi connectivity index (χ0v) is 13.1. The number of rotatable bonds is 4. The topological polar surface area (TPSA) is 74.1 Å². The van der Waals surface area contributed by atoms with Crippen molar-refractivity contribution in [2.75, 3.05) is 7.05 Å². The lowest BCUT2D eigenvalue weighted by molar-refractivity contribution is 0.393. The van der Waals surface area contributed by atoms with Gasteiger partial charge in [0, 0.05) is 24.7 Å². The molecule has 5 nitrogen and oxygen atoms in total. The fourth-order valence-electron chi connectivity index (χ4n) is 2.17. The van der Waals surface area contributed by atoms with Crippen LogP contribution >= 0.6 is 0 Å². The Morgan fingerprint density at radius 3 is 2.76 bits per heavy atom. The molecule has 0 fully saturated rings. The van der Waals surface area contributed by atoms with E-state index >= 15 is 0 Å². The third kappa shape index (κ3) is 2.75. The standard InChI is InChI=1S/C15H17N3O2S/c1-11-6-7-14(13-5-4-10-17-15(11)13)21(19,20)18(3)12(2)8-9-16/h4-7,10,12H,8H2,1-3H3. The minimum absolute atomic E-state index is 0.151. The van der Waals surface area contributed by atoms with E-state index in [4.69, 9.17) is 5.26 Å². The minimum Gasteiger partial charge on any atom is -0.256 e. The molecule has 2 rings (SSSR count). The summed E-state index contributed by atoms with van der Waals surface area (Å²) in [6.45, 7) is 3.61. The van der Waals surface area contributed by atoms with Crippen LogP contribution in [0.25, 0.3) is 10.9 Å². The maximum absolute atomic E-state index is 12.8. The molecule has 0 saturated carbocycles. The van der Waals surface area contributed by atoms with E-state index < -0.39 is 10.0 Å². The Kier molecular flexibility index (Phi) is 4.26. The Balaban J connectivity index is 2.61. The van der Waals surface area contributed by atoms with Gasteiger partial charge >= 0.3 is 0 Å². The van der Waals surface area contributed by atoms with Gasteiger partial charge in [-0.1, -0.05) is 6.07 Å². The maximum Gasteiger partial charge on any atom is 0.243 e. The molecule has 1 atom stereocenters. The van der Waals surface area contributed by atoms with Gasteiger partial charge in [-0.2, -0.15) is 9.57 Å². The molecule has 0 spiro atoms. The highest BCUT2D eigenvalue weighted by Gasteiger charge is 2.27. The van der Waals surface area contributed by atoms with Crippen LogP contribution < -0.4 is 0 Å². The van der Waals surface area contributed by atoms with Gasteiger partial charge in [-0.3, -0.25) is 4.98 Å². The van der Waals surface area contributed by atoms with Gasteiger partial charge in [-0.05, 0) is 37.6 Å². The number of nitrogens with zero attached hydrogens (tertiary/aromatic N) is 3. The Labute approximate surface area is 124 Å². The van der Waals surface area contributed by atoms with Gasteiger partial charge in [-0.25, -0.2) is 8.42 Å². The van der Waals surface area contributed by atoms with E-state index in [2.05, 4.69) is 4.98 Å². The van der Waals surface area contributed by atoms with Gasteiger partial charge in [0.2, 0.25) is 10.0 Å². The molecule has 110 valence electrons. The molecule has 0 aliphatic rings. The van der Waals surface area contributed by atoms with Crippen LogP contribution in [0.1, 0.15) is 18.9 Å². The first-order valence-electron chi connectivity index (χ1n) is 6.59. The quantitative estimate of drug-likeness (QED) is 0.869. The molecule has 1 heterocycles. The van der Waals surface area contributed by atoms with Crippen molar-refractivity contribution in [1.29, 1.82) is 5.26 Å². The van der Waals surface area contributed by atoms with Gasteiger partial charge in [0.25, 0.3) is 0 Å². The average Bonchev–Trinajstić information content (AvgIpc) is 2.47. The van der Waals surface area contributed by atoms with Gasteiger partial charge in [0.05, 0.1) is 22.9 Å². The Morgan fingerprint density at radius 2 is 2.10 bits per heavy atom. The minimum atomic E-state index is -3.66. The Morgan fingerprint density at radius 1 is 1.38 bits per heavy atom. The van der Waals surface area contributed by atoms with Crippen molar-refractivity contribution in [2.24, 2.45) is 0 Å². The van der Waals surface area contributed by atoms with E-state index in [0.717, 1.165) is 5.56 Å². The molecule has 1 unspecified atom stereocenters. The van der Waals surface area contributed by atoms with Crippen molar-refractivity contribution >= 4 is 20.9 Å². The molecular weight excluding hydrogens is 286 g/mol. The summed E-state index contributed by atoms with van der Waals surface area (Å²) in [6, 6.07) is 8.45. The summed E-state index contributed by atoms with van der Waals surface area (Å²) in [5.41, 5.74) is 1.61. The summed E-state index contributed by atoms with van der Waals surface area (Å²) < 4.78 is 26.8. The summed E-state index contributed by atoms with van der Waals surface area (Å²) >= 11 is 0. The number of aromatic nitrogens is 1. The van der Waals surface area contributed by atoms with E-state index in [0.29, 0.717) is 10.9 Å². The van der Waals surface area contributed by atoms with E-state index in [1.807, 2.05) is 13.0 Å². The number of benzene rings is 1. The summed E-state index contributed by atoms with van der Waals surface area (Å²) in [7, 11) is -2.16. The molecule has 0 aliphatic carbocycles. The highest BCUT2D eigenvalue weighted by atomic mass is 32.2. The van der Waals surface area contributed by atoms with Crippen LogP contribution in [0.5, 0.6) is 0 Å². The van der Waals surface area contributed by atoms with Crippen molar-refractivity contribution in [3.8, 4) is 6.07 Å². The summed E-state index contributed by atoms with van der Waals surface area (Å²) in [5.74, 6) is 0. The van der Waals surface area contributed by atoms with Crippen molar-refractivity contribution in [1.82, 2.24) is 9.29 Å². The molecule has 2 aromatic rings. The van der Waals surface area contributed by atoms with Crippen LogP contribution in [-0.2, 0) is 10.0 Å².